The first kappa shape index (κ1) is 16.4. The number of piperazine rings is 1. The van der Waals surface area contributed by atoms with Crippen molar-refractivity contribution in [1.29, 1.82) is 0 Å². The van der Waals surface area contributed by atoms with Gasteiger partial charge < -0.3 is 14.5 Å². The van der Waals surface area contributed by atoms with Crippen LogP contribution < -0.4 is 0 Å². The van der Waals surface area contributed by atoms with Crippen LogP contribution >= 0.6 is 0 Å². The van der Waals surface area contributed by atoms with E-state index in [-0.39, 0.29) is 12.0 Å². The van der Waals surface area contributed by atoms with Crippen LogP contribution in [-0.4, -0.2) is 61.1 Å². The number of rotatable bonds is 2. The van der Waals surface area contributed by atoms with Crippen molar-refractivity contribution < 1.29 is 9.53 Å². The third-order valence-electron chi connectivity index (χ3n) is 3.34. The summed E-state index contributed by atoms with van der Waals surface area (Å²) in [6, 6.07) is 0. The van der Waals surface area contributed by atoms with Gasteiger partial charge in [0.25, 0.3) is 5.91 Å². The highest BCUT2D eigenvalue weighted by molar-refractivity contribution is 5.81. The van der Waals surface area contributed by atoms with Crippen molar-refractivity contribution >= 4 is 5.91 Å². The molecule has 1 amide bonds. The highest BCUT2D eigenvalue weighted by Crippen LogP contribution is 2.15. The van der Waals surface area contributed by atoms with E-state index in [4.69, 9.17) is 4.74 Å². The Morgan fingerprint density at radius 2 is 1.79 bits per heavy atom. The highest BCUT2D eigenvalue weighted by atomic mass is 16.5. The van der Waals surface area contributed by atoms with Gasteiger partial charge in [0.05, 0.1) is 0 Å². The number of likely N-dealkylation sites (N-methyl/N-ethyl adjacent to an activating group) is 1. The zero-order valence-electron chi connectivity index (χ0n) is 13.0. The Bertz CT molecular complexity index is 252. The number of hydrogen-bond donors (Lipinski definition) is 0. The zero-order valence-corrected chi connectivity index (χ0v) is 13.0. The smallest absolute Gasteiger partial charge is 0.251 e. The van der Waals surface area contributed by atoms with Gasteiger partial charge in [0.1, 0.15) is 6.10 Å². The fraction of sp³-hybridized carbons (Fsp3) is 0.933. The van der Waals surface area contributed by atoms with Crippen molar-refractivity contribution in [1.82, 2.24) is 9.80 Å². The Morgan fingerprint density at radius 1 is 1.21 bits per heavy atom. The van der Waals surface area contributed by atoms with Gasteiger partial charge in [-0.05, 0) is 25.3 Å². The standard InChI is InChI=1S/C11H20N2O2.C4H10/c1-2-12-5-7-13(8-6-12)11(14)10-4-3-9-15-10;1-4(2)3/h10H,2-9H2,1H3;4H,1-3H3. The Hall–Kier alpha value is -0.610. The van der Waals surface area contributed by atoms with Crippen LogP contribution in [0.1, 0.15) is 40.5 Å². The van der Waals surface area contributed by atoms with Crippen LogP contribution in [0.5, 0.6) is 0 Å². The van der Waals surface area contributed by atoms with Crippen LogP contribution in [0.25, 0.3) is 0 Å². The number of amides is 1. The van der Waals surface area contributed by atoms with Crippen LogP contribution in [-0.2, 0) is 9.53 Å². The molecule has 2 saturated heterocycles. The van der Waals surface area contributed by atoms with E-state index in [1.54, 1.807) is 0 Å². The van der Waals surface area contributed by atoms with Crippen LogP contribution in [0.3, 0.4) is 0 Å². The van der Waals surface area contributed by atoms with Gasteiger partial charge in [-0.15, -0.1) is 0 Å². The molecule has 0 aliphatic carbocycles. The summed E-state index contributed by atoms with van der Waals surface area (Å²) < 4.78 is 5.42. The molecule has 0 N–H and O–H groups in total. The third kappa shape index (κ3) is 5.91. The highest BCUT2D eigenvalue weighted by Gasteiger charge is 2.29. The van der Waals surface area contributed by atoms with Gasteiger partial charge in [-0.25, -0.2) is 0 Å². The summed E-state index contributed by atoms with van der Waals surface area (Å²) >= 11 is 0. The van der Waals surface area contributed by atoms with E-state index in [0.29, 0.717) is 0 Å². The molecule has 2 aliphatic rings. The molecule has 4 nitrogen and oxygen atoms in total. The molecule has 0 saturated carbocycles. The number of carbonyl (C=O) groups excluding carboxylic acids is 1. The summed E-state index contributed by atoms with van der Waals surface area (Å²) in [5.74, 6) is 1.04. The van der Waals surface area contributed by atoms with Gasteiger partial charge in [-0.3, -0.25) is 4.79 Å². The summed E-state index contributed by atoms with van der Waals surface area (Å²) in [4.78, 5) is 16.3. The molecular formula is C15H30N2O2. The van der Waals surface area contributed by atoms with Crippen LogP contribution in [0, 0.1) is 5.92 Å². The van der Waals surface area contributed by atoms with Gasteiger partial charge in [0, 0.05) is 32.8 Å². The fourth-order valence-electron chi connectivity index (χ4n) is 2.26. The molecule has 0 bridgehead atoms. The van der Waals surface area contributed by atoms with Crippen molar-refractivity contribution in [3.8, 4) is 0 Å². The number of hydrogen-bond acceptors (Lipinski definition) is 3. The molecule has 0 aromatic rings. The van der Waals surface area contributed by atoms with Crippen molar-refractivity contribution in [3.63, 3.8) is 0 Å². The largest absolute Gasteiger partial charge is 0.368 e. The van der Waals surface area contributed by atoms with Crippen molar-refractivity contribution in [2.45, 2.75) is 46.6 Å². The van der Waals surface area contributed by atoms with E-state index in [1.807, 2.05) is 4.90 Å². The molecular weight excluding hydrogens is 240 g/mol. The lowest BCUT2D eigenvalue weighted by Gasteiger charge is -2.35. The second kappa shape index (κ2) is 8.54. The molecule has 2 heterocycles. The SMILES string of the molecule is CC(C)C.CCN1CCN(C(=O)C2CCCO2)CC1. The minimum absolute atomic E-state index is 0.141. The lowest BCUT2D eigenvalue weighted by molar-refractivity contribution is -0.142. The average Bonchev–Trinajstić information content (AvgIpc) is 2.91. The van der Waals surface area contributed by atoms with Crippen LogP contribution in [0.15, 0.2) is 0 Å². The fourth-order valence-corrected chi connectivity index (χ4v) is 2.26. The molecule has 0 spiro atoms. The van der Waals surface area contributed by atoms with E-state index < -0.39 is 0 Å². The molecule has 1 unspecified atom stereocenters. The van der Waals surface area contributed by atoms with Crippen LogP contribution in [0.4, 0.5) is 0 Å². The second-order valence-electron chi connectivity index (χ2n) is 5.99. The molecule has 0 aromatic carbocycles. The van der Waals surface area contributed by atoms with Gasteiger partial charge in [-0.1, -0.05) is 27.7 Å². The number of nitrogens with zero attached hydrogens (tertiary/aromatic N) is 2. The van der Waals surface area contributed by atoms with E-state index >= 15 is 0 Å². The van der Waals surface area contributed by atoms with Gasteiger partial charge >= 0.3 is 0 Å². The molecule has 112 valence electrons. The zero-order chi connectivity index (χ0) is 14.3. The quantitative estimate of drug-likeness (QED) is 0.769. The topological polar surface area (TPSA) is 32.8 Å². The summed E-state index contributed by atoms with van der Waals surface area (Å²) in [7, 11) is 0. The summed E-state index contributed by atoms with van der Waals surface area (Å²) in [6.45, 7) is 14.3. The first-order valence-electron chi connectivity index (χ1n) is 7.67. The van der Waals surface area contributed by atoms with Crippen molar-refractivity contribution in [2.75, 3.05) is 39.3 Å². The minimum atomic E-state index is -0.141. The van der Waals surface area contributed by atoms with E-state index in [2.05, 4.69) is 32.6 Å². The molecule has 4 heteroatoms. The Morgan fingerprint density at radius 3 is 2.21 bits per heavy atom. The minimum Gasteiger partial charge on any atom is -0.368 e. The summed E-state index contributed by atoms with van der Waals surface area (Å²) in [6.07, 6.45) is 1.80. The second-order valence-corrected chi connectivity index (χ2v) is 5.99. The summed E-state index contributed by atoms with van der Waals surface area (Å²) in [5.41, 5.74) is 0. The molecule has 0 aromatic heterocycles. The van der Waals surface area contributed by atoms with Crippen LogP contribution in [0.2, 0.25) is 0 Å². The molecule has 2 aliphatic heterocycles. The molecule has 1 atom stereocenters. The molecule has 0 radical (unpaired) electrons. The van der Waals surface area contributed by atoms with E-state index in [9.17, 15) is 4.79 Å². The predicted molar refractivity (Wildman–Crippen MR) is 78.2 cm³/mol. The normalized spacial score (nSPS) is 24.3. The predicted octanol–water partition coefficient (Wildman–Crippen LogP) is 1.99. The lowest BCUT2D eigenvalue weighted by atomic mass is 10.2. The van der Waals surface area contributed by atoms with Gasteiger partial charge in [0.15, 0.2) is 0 Å². The van der Waals surface area contributed by atoms with E-state index in [1.165, 1.54) is 0 Å². The third-order valence-corrected chi connectivity index (χ3v) is 3.34. The first-order valence-corrected chi connectivity index (χ1v) is 7.67. The van der Waals surface area contributed by atoms with Crippen molar-refractivity contribution in [2.24, 2.45) is 5.92 Å². The molecule has 2 fully saturated rings. The number of ether oxygens (including phenoxy) is 1. The Labute approximate surface area is 118 Å². The van der Waals surface area contributed by atoms with Gasteiger partial charge in [0.2, 0.25) is 0 Å². The maximum Gasteiger partial charge on any atom is 0.251 e. The number of carbonyl (C=O) groups is 1. The van der Waals surface area contributed by atoms with Gasteiger partial charge in [-0.2, -0.15) is 0 Å². The summed E-state index contributed by atoms with van der Waals surface area (Å²) in [5, 5.41) is 0. The molecule has 2 rings (SSSR count). The Kier molecular flexibility index (Phi) is 7.39. The monoisotopic (exact) mass is 270 g/mol. The lowest BCUT2D eigenvalue weighted by Crippen LogP contribution is -2.51. The molecule has 19 heavy (non-hydrogen) atoms. The maximum absolute atomic E-state index is 12.0. The maximum atomic E-state index is 12.0. The Balaban J connectivity index is 0.000000399. The first-order chi connectivity index (χ1) is 9.04. The van der Waals surface area contributed by atoms with Crippen molar-refractivity contribution in [3.05, 3.63) is 0 Å². The average molecular weight is 270 g/mol. The van der Waals surface area contributed by atoms with E-state index in [0.717, 1.165) is 58.1 Å².